The van der Waals surface area contributed by atoms with Crippen LogP contribution in [0.1, 0.15) is 32.2 Å². The fraction of sp³-hybridized carbons (Fsp3) is 0.556. The minimum atomic E-state index is -2.71. The Balaban J connectivity index is 2.88. The molecule has 0 aromatic carbocycles. The van der Waals surface area contributed by atoms with Gasteiger partial charge in [0, 0.05) is 6.20 Å². The van der Waals surface area contributed by atoms with Crippen molar-refractivity contribution in [3.63, 3.8) is 0 Å². The van der Waals surface area contributed by atoms with Gasteiger partial charge in [0.15, 0.2) is 0 Å². The highest BCUT2D eigenvalue weighted by Gasteiger charge is 2.23. The molecule has 5 nitrogen and oxygen atoms in total. The predicted octanol–water partition coefficient (Wildman–Crippen LogP) is 2.07. The Kier molecular flexibility index (Phi) is 3.81. The van der Waals surface area contributed by atoms with E-state index < -0.39 is 18.7 Å². The standard InChI is InChI=1S/C9H13F2N3O2/c1-5(2)7(16-9(12)15)6-3-4-14(13-6)8(10)11/h3-5,7-8H,1-2H3,(H2,12,15)/t7-/m1/s1. The van der Waals surface area contributed by atoms with Crippen molar-refractivity contribution in [2.45, 2.75) is 26.5 Å². The lowest BCUT2D eigenvalue weighted by Crippen LogP contribution is -2.21. The Morgan fingerprint density at radius 3 is 2.56 bits per heavy atom. The third-order valence-corrected chi connectivity index (χ3v) is 1.97. The molecule has 0 aliphatic rings. The monoisotopic (exact) mass is 233 g/mol. The van der Waals surface area contributed by atoms with Gasteiger partial charge in [0.25, 0.3) is 0 Å². The molecule has 1 aromatic heterocycles. The summed E-state index contributed by atoms with van der Waals surface area (Å²) in [4.78, 5) is 10.6. The molecule has 1 heterocycles. The molecule has 16 heavy (non-hydrogen) atoms. The molecule has 0 fully saturated rings. The Hall–Kier alpha value is -1.66. The molecule has 1 rings (SSSR count). The number of nitrogens with zero attached hydrogens (tertiary/aromatic N) is 2. The van der Waals surface area contributed by atoms with Gasteiger partial charge in [0.1, 0.15) is 11.8 Å². The number of nitrogens with two attached hydrogens (primary N) is 1. The molecule has 90 valence electrons. The van der Waals surface area contributed by atoms with Crippen molar-refractivity contribution in [1.82, 2.24) is 9.78 Å². The Labute approximate surface area is 91.2 Å². The van der Waals surface area contributed by atoms with Crippen LogP contribution in [-0.4, -0.2) is 15.9 Å². The molecule has 7 heteroatoms. The second-order valence-electron chi connectivity index (χ2n) is 3.60. The first-order valence-electron chi connectivity index (χ1n) is 4.71. The zero-order valence-electron chi connectivity index (χ0n) is 8.93. The predicted molar refractivity (Wildman–Crippen MR) is 51.7 cm³/mol. The fourth-order valence-corrected chi connectivity index (χ4v) is 1.28. The number of hydrogen-bond donors (Lipinski definition) is 1. The molecule has 0 radical (unpaired) electrons. The van der Waals surface area contributed by atoms with Crippen molar-refractivity contribution in [2.24, 2.45) is 11.7 Å². The Morgan fingerprint density at radius 2 is 2.19 bits per heavy atom. The van der Waals surface area contributed by atoms with Crippen LogP contribution in [0.25, 0.3) is 0 Å². The summed E-state index contributed by atoms with van der Waals surface area (Å²) in [5.74, 6) is -0.103. The average Bonchev–Trinajstić information content (AvgIpc) is 2.61. The van der Waals surface area contributed by atoms with Crippen molar-refractivity contribution >= 4 is 6.09 Å². The maximum Gasteiger partial charge on any atom is 0.405 e. The van der Waals surface area contributed by atoms with Crippen molar-refractivity contribution in [1.29, 1.82) is 0 Å². The fourth-order valence-electron chi connectivity index (χ4n) is 1.28. The van der Waals surface area contributed by atoms with Gasteiger partial charge in [-0.3, -0.25) is 0 Å². The van der Waals surface area contributed by atoms with Crippen molar-refractivity contribution in [3.05, 3.63) is 18.0 Å². The van der Waals surface area contributed by atoms with E-state index in [1.807, 2.05) is 0 Å². The van der Waals surface area contributed by atoms with Crippen LogP contribution < -0.4 is 5.73 Å². The maximum absolute atomic E-state index is 12.3. The number of rotatable bonds is 4. The van der Waals surface area contributed by atoms with Crippen LogP contribution >= 0.6 is 0 Å². The van der Waals surface area contributed by atoms with Gasteiger partial charge in [-0.25, -0.2) is 9.48 Å². The minimum Gasteiger partial charge on any atom is -0.440 e. The van der Waals surface area contributed by atoms with Gasteiger partial charge >= 0.3 is 12.6 Å². The highest BCUT2D eigenvalue weighted by Crippen LogP contribution is 2.25. The molecule has 0 saturated heterocycles. The van der Waals surface area contributed by atoms with Crippen molar-refractivity contribution in [2.75, 3.05) is 0 Å². The van der Waals surface area contributed by atoms with Gasteiger partial charge in [0.2, 0.25) is 0 Å². The summed E-state index contributed by atoms with van der Waals surface area (Å²) in [5, 5.41) is 3.62. The van der Waals surface area contributed by atoms with E-state index in [1.165, 1.54) is 6.07 Å². The third kappa shape index (κ3) is 2.91. The van der Waals surface area contributed by atoms with Gasteiger partial charge in [-0.15, -0.1) is 0 Å². The summed E-state index contributed by atoms with van der Waals surface area (Å²) < 4.78 is 29.9. The van der Waals surface area contributed by atoms with Crippen LogP contribution in [-0.2, 0) is 4.74 Å². The highest BCUT2D eigenvalue weighted by atomic mass is 19.3. The highest BCUT2D eigenvalue weighted by molar-refractivity contribution is 5.64. The average molecular weight is 233 g/mol. The van der Waals surface area contributed by atoms with E-state index in [-0.39, 0.29) is 11.6 Å². The van der Waals surface area contributed by atoms with Gasteiger partial charge in [0.05, 0.1) is 0 Å². The number of halogens is 2. The van der Waals surface area contributed by atoms with Gasteiger partial charge in [-0.1, -0.05) is 13.8 Å². The van der Waals surface area contributed by atoms with Crippen LogP contribution in [0, 0.1) is 5.92 Å². The Morgan fingerprint density at radius 1 is 1.56 bits per heavy atom. The van der Waals surface area contributed by atoms with E-state index in [0.717, 1.165) is 6.20 Å². The zero-order chi connectivity index (χ0) is 12.3. The number of aromatic nitrogens is 2. The van der Waals surface area contributed by atoms with E-state index in [0.29, 0.717) is 4.68 Å². The van der Waals surface area contributed by atoms with Crippen LogP contribution in [0.4, 0.5) is 13.6 Å². The SMILES string of the molecule is CC(C)[C@@H](OC(N)=O)c1ccn(C(F)F)n1. The topological polar surface area (TPSA) is 70.1 Å². The van der Waals surface area contributed by atoms with Crippen molar-refractivity contribution in [3.8, 4) is 0 Å². The molecular weight excluding hydrogens is 220 g/mol. The first-order valence-corrected chi connectivity index (χ1v) is 4.71. The maximum atomic E-state index is 12.3. The molecule has 0 bridgehead atoms. The molecule has 0 aliphatic carbocycles. The summed E-state index contributed by atoms with van der Waals surface area (Å²) in [5.41, 5.74) is 5.15. The molecule has 0 aliphatic heterocycles. The largest absolute Gasteiger partial charge is 0.440 e. The second kappa shape index (κ2) is 4.91. The molecule has 0 saturated carbocycles. The second-order valence-corrected chi connectivity index (χ2v) is 3.60. The summed E-state index contributed by atoms with van der Waals surface area (Å²) >= 11 is 0. The number of amides is 1. The molecule has 2 N–H and O–H groups in total. The van der Waals surface area contributed by atoms with E-state index in [4.69, 9.17) is 10.5 Å². The molecule has 0 unspecified atom stereocenters. The third-order valence-electron chi connectivity index (χ3n) is 1.97. The molecule has 1 atom stereocenters. The minimum absolute atomic E-state index is 0.103. The van der Waals surface area contributed by atoms with Crippen LogP contribution in [0.2, 0.25) is 0 Å². The summed E-state index contributed by atoms with van der Waals surface area (Å²) in [6, 6.07) is 1.37. The van der Waals surface area contributed by atoms with E-state index >= 15 is 0 Å². The number of alkyl halides is 2. The molecular formula is C9H13F2N3O2. The summed E-state index contributed by atoms with van der Waals surface area (Å²) in [6.45, 7) is 0.833. The number of hydrogen-bond acceptors (Lipinski definition) is 3. The zero-order valence-corrected chi connectivity index (χ0v) is 8.93. The summed E-state index contributed by atoms with van der Waals surface area (Å²) in [6.07, 6.45) is -0.539. The van der Waals surface area contributed by atoms with Gasteiger partial charge in [-0.2, -0.15) is 13.9 Å². The normalized spacial score (nSPS) is 13.1. The lowest BCUT2D eigenvalue weighted by atomic mass is 10.0. The van der Waals surface area contributed by atoms with Gasteiger partial charge < -0.3 is 10.5 Å². The number of ether oxygens (including phenoxy) is 1. The molecule has 1 amide bonds. The molecule has 1 aromatic rings. The van der Waals surface area contributed by atoms with Crippen LogP contribution in [0.15, 0.2) is 12.3 Å². The first kappa shape index (κ1) is 12.4. The quantitative estimate of drug-likeness (QED) is 0.865. The lowest BCUT2D eigenvalue weighted by Gasteiger charge is -2.17. The van der Waals surface area contributed by atoms with E-state index in [1.54, 1.807) is 13.8 Å². The van der Waals surface area contributed by atoms with Crippen LogP contribution in [0.5, 0.6) is 0 Å². The summed E-state index contributed by atoms with van der Waals surface area (Å²) in [7, 11) is 0. The number of primary amides is 1. The van der Waals surface area contributed by atoms with Crippen LogP contribution in [0.3, 0.4) is 0 Å². The van der Waals surface area contributed by atoms with E-state index in [9.17, 15) is 13.6 Å². The first-order chi connectivity index (χ1) is 7.41. The van der Waals surface area contributed by atoms with Gasteiger partial charge in [-0.05, 0) is 12.0 Å². The smallest absolute Gasteiger partial charge is 0.405 e. The van der Waals surface area contributed by atoms with E-state index in [2.05, 4.69) is 5.10 Å². The lowest BCUT2D eigenvalue weighted by molar-refractivity contribution is 0.0504. The van der Waals surface area contributed by atoms with Crippen molar-refractivity contribution < 1.29 is 18.3 Å². The molecule has 0 spiro atoms. The number of carbonyl (C=O) groups is 1. The Bertz CT molecular complexity index is 365. The number of carbonyl (C=O) groups excluding carboxylic acids is 1.